The van der Waals surface area contributed by atoms with Gasteiger partial charge in [-0.1, -0.05) is 36.4 Å². The first kappa shape index (κ1) is 15.2. The standard InChI is InChI=1S/C13H14ClIN2O/c14-16-9-13(15)7-4-8-17(11-18)10-12-5-2-1-3-6-12/h1-8,11,16H,9-10H2/b8-4-,13-7-. The Morgan fingerprint density at radius 3 is 2.72 bits per heavy atom. The van der Waals surface area contributed by atoms with Crippen LogP contribution in [-0.4, -0.2) is 17.9 Å². The first-order valence-electron chi connectivity index (χ1n) is 5.37. The van der Waals surface area contributed by atoms with Gasteiger partial charge in [0, 0.05) is 22.9 Å². The molecule has 0 saturated carbocycles. The van der Waals surface area contributed by atoms with Gasteiger partial charge in [0.1, 0.15) is 0 Å². The van der Waals surface area contributed by atoms with Gasteiger partial charge in [0.15, 0.2) is 0 Å². The Bertz CT molecular complexity index is 420. The second-order valence-corrected chi connectivity index (χ2v) is 5.18. The van der Waals surface area contributed by atoms with Crippen molar-refractivity contribution < 1.29 is 4.79 Å². The summed E-state index contributed by atoms with van der Waals surface area (Å²) in [6, 6.07) is 9.84. The van der Waals surface area contributed by atoms with Gasteiger partial charge >= 0.3 is 0 Å². The fourth-order valence-corrected chi connectivity index (χ4v) is 2.07. The number of carbonyl (C=O) groups excluding carboxylic acids is 1. The number of carbonyl (C=O) groups is 1. The van der Waals surface area contributed by atoms with E-state index in [0.717, 1.165) is 15.6 Å². The molecule has 18 heavy (non-hydrogen) atoms. The monoisotopic (exact) mass is 376 g/mol. The van der Waals surface area contributed by atoms with Gasteiger partial charge in [0.2, 0.25) is 6.41 Å². The van der Waals surface area contributed by atoms with E-state index >= 15 is 0 Å². The molecule has 0 spiro atoms. The Balaban J connectivity index is 2.55. The summed E-state index contributed by atoms with van der Waals surface area (Å²) in [4.78, 5) is 15.1. The van der Waals surface area contributed by atoms with Crippen LogP contribution in [0.15, 0.2) is 52.3 Å². The Kier molecular flexibility index (Phi) is 7.71. The molecule has 3 nitrogen and oxygen atoms in total. The molecular formula is C13H14ClIN2O. The van der Waals surface area contributed by atoms with E-state index in [-0.39, 0.29) is 0 Å². The smallest absolute Gasteiger partial charge is 0.213 e. The van der Waals surface area contributed by atoms with Gasteiger partial charge in [-0.25, -0.2) is 4.84 Å². The summed E-state index contributed by atoms with van der Waals surface area (Å²) in [6.45, 7) is 1.17. The van der Waals surface area contributed by atoms with Crippen LogP contribution >= 0.6 is 34.4 Å². The molecule has 0 heterocycles. The average Bonchev–Trinajstić information content (AvgIpc) is 2.39. The first-order valence-corrected chi connectivity index (χ1v) is 6.83. The van der Waals surface area contributed by atoms with Crippen molar-refractivity contribution in [3.8, 4) is 0 Å². The molecule has 0 aliphatic rings. The number of halogens is 2. The summed E-state index contributed by atoms with van der Waals surface area (Å²) in [6.07, 6.45) is 6.28. The van der Waals surface area contributed by atoms with Crippen molar-refractivity contribution in [3.63, 3.8) is 0 Å². The molecule has 0 atom stereocenters. The van der Waals surface area contributed by atoms with E-state index in [4.69, 9.17) is 11.8 Å². The lowest BCUT2D eigenvalue weighted by atomic mass is 10.2. The molecule has 1 amide bonds. The van der Waals surface area contributed by atoms with Crippen LogP contribution in [0.2, 0.25) is 0 Å². The minimum Gasteiger partial charge on any atom is -0.317 e. The maximum atomic E-state index is 10.9. The third-order valence-electron chi connectivity index (χ3n) is 2.13. The van der Waals surface area contributed by atoms with Gasteiger partial charge in [0.05, 0.1) is 0 Å². The Morgan fingerprint density at radius 1 is 1.39 bits per heavy atom. The van der Waals surface area contributed by atoms with E-state index in [1.165, 1.54) is 0 Å². The number of allylic oxidation sites excluding steroid dienone is 2. The van der Waals surface area contributed by atoms with Crippen molar-refractivity contribution in [2.75, 3.05) is 6.54 Å². The molecule has 0 aromatic heterocycles. The molecule has 0 radical (unpaired) electrons. The van der Waals surface area contributed by atoms with Crippen LogP contribution in [0.25, 0.3) is 0 Å². The van der Waals surface area contributed by atoms with Gasteiger partial charge in [-0.3, -0.25) is 4.79 Å². The highest BCUT2D eigenvalue weighted by molar-refractivity contribution is 14.1. The molecule has 1 aromatic carbocycles. The van der Waals surface area contributed by atoms with E-state index in [0.29, 0.717) is 13.1 Å². The van der Waals surface area contributed by atoms with Crippen LogP contribution in [0.5, 0.6) is 0 Å². The van der Waals surface area contributed by atoms with E-state index in [2.05, 4.69) is 27.4 Å². The Morgan fingerprint density at radius 2 is 2.11 bits per heavy atom. The number of hydrogen-bond donors (Lipinski definition) is 1. The quantitative estimate of drug-likeness (QED) is 0.343. The first-order chi connectivity index (χ1) is 8.76. The molecule has 0 unspecified atom stereocenters. The normalized spacial score (nSPS) is 11.8. The third kappa shape index (κ3) is 6.18. The molecule has 0 aliphatic heterocycles. The number of hydrogen-bond acceptors (Lipinski definition) is 2. The van der Waals surface area contributed by atoms with Crippen molar-refractivity contribution in [3.05, 3.63) is 57.8 Å². The van der Waals surface area contributed by atoms with Crippen LogP contribution in [0.1, 0.15) is 5.56 Å². The second-order valence-electron chi connectivity index (χ2n) is 3.53. The number of nitrogens with one attached hydrogen (secondary N) is 1. The summed E-state index contributed by atoms with van der Waals surface area (Å²) in [5, 5.41) is 0. The SMILES string of the molecule is O=CN(/C=C\C=C(/I)CNCl)Cc1ccccc1. The molecule has 0 saturated heterocycles. The maximum absolute atomic E-state index is 10.9. The fraction of sp³-hybridized carbons (Fsp3) is 0.154. The number of benzene rings is 1. The van der Waals surface area contributed by atoms with E-state index in [9.17, 15) is 4.79 Å². The summed E-state index contributed by atoms with van der Waals surface area (Å²) in [5.74, 6) is 0. The zero-order valence-electron chi connectivity index (χ0n) is 9.72. The predicted octanol–water partition coefficient (Wildman–Crippen LogP) is 3.22. The Hall–Kier alpha value is -0.850. The summed E-state index contributed by atoms with van der Waals surface area (Å²) in [5.41, 5.74) is 1.09. The van der Waals surface area contributed by atoms with Gasteiger partial charge in [-0.05, 0) is 46.0 Å². The predicted molar refractivity (Wildman–Crippen MR) is 83.1 cm³/mol. The van der Waals surface area contributed by atoms with Crippen LogP contribution in [0, 0.1) is 0 Å². The number of amides is 1. The Labute approximate surface area is 126 Å². The van der Waals surface area contributed by atoms with Crippen LogP contribution in [-0.2, 0) is 11.3 Å². The molecule has 0 bridgehead atoms. The highest BCUT2D eigenvalue weighted by Gasteiger charge is 1.97. The molecular weight excluding hydrogens is 363 g/mol. The van der Waals surface area contributed by atoms with Crippen molar-refractivity contribution in [2.45, 2.75) is 6.54 Å². The number of nitrogens with zero attached hydrogens (tertiary/aromatic N) is 1. The molecule has 96 valence electrons. The lowest BCUT2D eigenvalue weighted by Gasteiger charge is -2.11. The summed E-state index contributed by atoms with van der Waals surface area (Å²) < 4.78 is 1.06. The summed E-state index contributed by atoms with van der Waals surface area (Å²) in [7, 11) is 0. The molecule has 1 N–H and O–H groups in total. The molecule has 0 fully saturated rings. The van der Waals surface area contributed by atoms with Gasteiger partial charge < -0.3 is 4.90 Å². The van der Waals surface area contributed by atoms with Crippen LogP contribution in [0.4, 0.5) is 0 Å². The largest absolute Gasteiger partial charge is 0.317 e. The topological polar surface area (TPSA) is 32.3 Å². The minimum absolute atomic E-state index is 0.568. The number of rotatable bonds is 7. The minimum atomic E-state index is 0.568. The van der Waals surface area contributed by atoms with Crippen LogP contribution in [0.3, 0.4) is 0 Å². The average molecular weight is 377 g/mol. The molecule has 0 aliphatic carbocycles. The second kappa shape index (κ2) is 9.13. The van der Waals surface area contributed by atoms with Gasteiger partial charge in [0.25, 0.3) is 0 Å². The van der Waals surface area contributed by atoms with Crippen molar-refractivity contribution in [1.29, 1.82) is 0 Å². The van der Waals surface area contributed by atoms with Gasteiger partial charge in [-0.2, -0.15) is 0 Å². The lowest BCUT2D eigenvalue weighted by molar-refractivity contribution is -0.116. The zero-order valence-corrected chi connectivity index (χ0v) is 12.6. The van der Waals surface area contributed by atoms with E-state index in [1.807, 2.05) is 42.5 Å². The van der Waals surface area contributed by atoms with Crippen molar-refractivity contribution in [1.82, 2.24) is 9.74 Å². The van der Waals surface area contributed by atoms with Gasteiger partial charge in [-0.15, -0.1) is 0 Å². The third-order valence-corrected chi connectivity index (χ3v) is 3.01. The molecule has 5 heteroatoms. The maximum Gasteiger partial charge on any atom is 0.213 e. The molecule has 1 rings (SSSR count). The summed E-state index contributed by atoms with van der Waals surface area (Å²) >= 11 is 7.57. The highest BCUT2D eigenvalue weighted by Crippen LogP contribution is 2.06. The van der Waals surface area contributed by atoms with Crippen molar-refractivity contribution in [2.24, 2.45) is 0 Å². The fourth-order valence-electron chi connectivity index (χ4n) is 1.30. The van der Waals surface area contributed by atoms with E-state index < -0.39 is 0 Å². The van der Waals surface area contributed by atoms with Crippen molar-refractivity contribution >= 4 is 40.8 Å². The van der Waals surface area contributed by atoms with E-state index in [1.54, 1.807) is 11.1 Å². The highest BCUT2D eigenvalue weighted by atomic mass is 127. The zero-order chi connectivity index (χ0) is 13.2. The van der Waals surface area contributed by atoms with Crippen LogP contribution < -0.4 is 4.84 Å². The lowest BCUT2D eigenvalue weighted by Crippen LogP contribution is -2.13. The molecule has 1 aromatic rings.